The normalized spacial score (nSPS) is 17.7. The molecule has 2 aliphatic heterocycles. The average Bonchev–Trinajstić information content (AvgIpc) is 2.74. The predicted octanol–water partition coefficient (Wildman–Crippen LogP) is 3.53. The molecule has 4 heterocycles. The van der Waals surface area contributed by atoms with Gasteiger partial charge < -0.3 is 15.1 Å². The fourth-order valence-corrected chi connectivity index (χ4v) is 4.12. The number of fused-ring (bicyclic) bond motifs is 1. The maximum Gasteiger partial charge on any atom is 0.0860 e. The lowest BCUT2D eigenvalue weighted by atomic mass is 10.0. The summed E-state index contributed by atoms with van der Waals surface area (Å²) >= 11 is 6.18. The maximum atomic E-state index is 6.18. The first kappa shape index (κ1) is 19.4. The van der Waals surface area contributed by atoms with Gasteiger partial charge in [-0.15, -0.1) is 0 Å². The zero-order valence-corrected chi connectivity index (χ0v) is 17.2. The fraction of sp³-hybridized carbons (Fsp3) is 0.455. The lowest BCUT2D eigenvalue weighted by Gasteiger charge is -2.35. The summed E-state index contributed by atoms with van der Waals surface area (Å²) < 4.78 is 0. The molecule has 0 aromatic carbocycles. The molecule has 5 nitrogen and oxygen atoms in total. The Labute approximate surface area is 172 Å². The highest BCUT2D eigenvalue weighted by molar-refractivity contribution is 6.31. The third-order valence-corrected chi connectivity index (χ3v) is 6.09. The molecule has 6 heteroatoms. The van der Waals surface area contributed by atoms with Crippen molar-refractivity contribution >= 4 is 23.4 Å². The second-order valence-corrected chi connectivity index (χ2v) is 8.07. The Kier molecular flexibility index (Phi) is 6.25. The fourth-order valence-electron chi connectivity index (χ4n) is 3.93. The lowest BCUT2D eigenvalue weighted by molar-refractivity contribution is 0.201. The number of hydrogen-bond donors (Lipinski definition) is 1. The molecule has 0 atom stereocenters. The third-order valence-electron chi connectivity index (χ3n) is 5.71. The van der Waals surface area contributed by atoms with E-state index in [9.17, 15) is 0 Å². The van der Waals surface area contributed by atoms with Gasteiger partial charge in [0, 0.05) is 44.6 Å². The topological polar surface area (TPSA) is 44.3 Å². The second-order valence-electron chi connectivity index (χ2n) is 7.66. The van der Waals surface area contributed by atoms with Gasteiger partial charge in [-0.3, -0.25) is 9.97 Å². The van der Waals surface area contributed by atoms with Crippen LogP contribution in [-0.4, -0.2) is 53.6 Å². The summed E-state index contributed by atoms with van der Waals surface area (Å²) in [5, 5.41) is 4.42. The standard InChI is InChI=1S/C22H28ClN5/c1-17-20(23)14-18(15-25-17)16-26-19-6-10-27(11-7-19)12-13-28-9-3-4-21-22(28)5-2-8-24-21/h2-5,8,14-15,19,26H,6-7,9-13,16H2,1H3. The molecule has 28 heavy (non-hydrogen) atoms. The van der Waals surface area contributed by atoms with Gasteiger partial charge in [-0.05, 0) is 62.7 Å². The maximum absolute atomic E-state index is 6.18. The minimum absolute atomic E-state index is 0.569. The van der Waals surface area contributed by atoms with Gasteiger partial charge in [0.25, 0.3) is 0 Å². The molecule has 2 aliphatic rings. The van der Waals surface area contributed by atoms with Crippen LogP contribution in [0.15, 0.2) is 36.7 Å². The highest BCUT2D eigenvalue weighted by atomic mass is 35.5. The Bertz CT molecular complexity index is 829. The minimum atomic E-state index is 0.569. The van der Waals surface area contributed by atoms with E-state index in [1.165, 1.54) is 18.5 Å². The van der Waals surface area contributed by atoms with E-state index in [1.54, 1.807) is 0 Å². The largest absolute Gasteiger partial charge is 0.365 e. The van der Waals surface area contributed by atoms with Crippen LogP contribution in [-0.2, 0) is 6.54 Å². The smallest absolute Gasteiger partial charge is 0.0860 e. The number of anilines is 1. The van der Waals surface area contributed by atoms with Gasteiger partial charge in [0.15, 0.2) is 0 Å². The van der Waals surface area contributed by atoms with Crippen LogP contribution in [0.1, 0.15) is 29.8 Å². The third kappa shape index (κ3) is 4.72. The second kappa shape index (κ2) is 9.03. The highest BCUT2D eigenvalue weighted by Gasteiger charge is 2.20. The van der Waals surface area contributed by atoms with E-state index in [4.69, 9.17) is 11.6 Å². The van der Waals surface area contributed by atoms with Crippen molar-refractivity contribution in [3.05, 3.63) is 58.6 Å². The minimum Gasteiger partial charge on any atom is -0.365 e. The molecule has 0 amide bonds. The van der Waals surface area contributed by atoms with E-state index in [0.717, 1.165) is 61.2 Å². The summed E-state index contributed by atoms with van der Waals surface area (Å²) in [6.45, 7) is 8.19. The van der Waals surface area contributed by atoms with Gasteiger partial charge in [0.05, 0.1) is 22.1 Å². The molecule has 0 unspecified atom stereocenters. The van der Waals surface area contributed by atoms with Gasteiger partial charge in [0.1, 0.15) is 0 Å². The number of nitrogens with zero attached hydrogens (tertiary/aromatic N) is 4. The van der Waals surface area contributed by atoms with E-state index in [-0.39, 0.29) is 0 Å². The van der Waals surface area contributed by atoms with E-state index in [0.29, 0.717) is 6.04 Å². The number of aromatic nitrogens is 2. The summed E-state index contributed by atoms with van der Waals surface area (Å²) in [7, 11) is 0. The van der Waals surface area contributed by atoms with Crippen LogP contribution in [0.25, 0.3) is 6.08 Å². The predicted molar refractivity (Wildman–Crippen MR) is 116 cm³/mol. The van der Waals surface area contributed by atoms with Crippen LogP contribution in [0, 0.1) is 6.92 Å². The molecule has 0 saturated carbocycles. The molecule has 0 bridgehead atoms. The first-order valence-electron chi connectivity index (χ1n) is 10.1. The molecule has 2 aromatic heterocycles. The van der Waals surface area contributed by atoms with Crippen molar-refractivity contribution in [3.63, 3.8) is 0 Å². The van der Waals surface area contributed by atoms with Crippen LogP contribution >= 0.6 is 11.6 Å². The molecular weight excluding hydrogens is 370 g/mol. The summed E-state index contributed by atoms with van der Waals surface area (Å²) in [5.41, 5.74) is 4.39. The highest BCUT2D eigenvalue weighted by Crippen LogP contribution is 2.23. The first-order chi connectivity index (χ1) is 13.7. The van der Waals surface area contributed by atoms with Crippen molar-refractivity contribution in [3.8, 4) is 0 Å². The molecule has 0 radical (unpaired) electrons. The summed E-state index contributed by atoms with van der Waals surface area (Å²) in [4.78, 5) is 13.8. The molecule has 148 valence electrons. The molecule has 4 rings (SSSR count). The van der Waals surface area contributed by atoms with Crippen LogP contribution in [0.3, 0.4) is 0 Å². The Balaban J connectivity index is 1.20. The zero-order chi connectivity index (χ0) is 19.3. The number of aryl methyl sites for hydroxylation is 1. The van der Waals surface area contributed by atoms with E-state index >= 15 is 0 Å². The van der Waals surface area contributed by atoms with Crippen LogP contribution in [0.4, 0.5) is 5.69 Å². The number of halogens is 1. The van der Waals surface area contributed by atoms with E-state index < -0.39 is 0 Å². The number of rotatable bonds is 6. The zero-order valence-electron chi connectivity index (χ0n) is 16.4. The molecule has 1 saturated heterocycles. The van der Waals surface area contributed by atoms with Gasteiger partial charge in [-0.25, -0.2) is 0 Å². The van der Waals surface area contributed by atoms with E-state index in [2.05, 4.69) is 43.3 Å². The monoisotopic (exact) mass is 397 g/mol. The first-order valence-corrected chi connectivity index (χ1v) is 10.5. The van der Waals surface area contributed by atoms with Crippen molar-refractivity contribution in [2.45, 2.75) is 32.4 Å². The average molecular weight is 398 g/mol. The number of piperidine rings is 1. The number of pyridine rings is 2. The van der Waals surface area contributed by atoms with Crippen molar-refractivity contribution in [1.82, 2.24) is 20.2 Å². The lowest BCUT2D eigenvalue weighted by Crippen LogP contribution is -2.45. The van der Waals surface area contributed by atoms with Crippen molar-refractivity contribution in [2.75, 3.05) is 37.6 Å². The Morgan fingerprint density at radius 3 is 2.89 bits per heavy atom. The van der Waals surface area contributed by atoms with E-state index in [1.807, 2.05) is 31.5 Å². The molecule has 2 aromatic rings. The molecule has 1 N–H and O–H groups in total. The summed E-state index contributed by atoms with van der Waals surface area (Å²) in [6, 6.07) is 6.79. The Morgan fingerprint density at radius 1 is 1.21 bits per heavy atom. The number of hydrogen-bond acceptors (Lipinski definition) is 5. The number of likely N-dealkylation sites (tertiary alicyclic amines) is 1. The summed E-state index contributed by atoms with van der Waals surface area (Å²) in [6.07, 6.45) is 10.5. The van der Waals surface area contributed by atoms with Crippen molar-refractivity contribution in [2.24, 2.45) is 0 Å². The molecule has 0 spiro atoms. The Morgan fingerprint density at radius 2 is 2.07 bits per heavy atom. The van der Waals surface area contributed by atoms with Crippen LogP contribution in [0.5, 0.6) is 0 Å². The quantitative estimate of drug-likeness (QED) is 0.807. The number of nitrogens with one attached hydrogen (secondary N) is 1. The van der Waals surface area contributed by atoms with Crippen molar-refractivity contribution < 1.29 is 0 Å². The van der Waals surface area contributed by atoms with Gasteiger partial charge in [-0.2, -0.15) is 0 Å². The van der Waals surface area contributed by atoms with Crippen molar-refractivity contribution in [1.29, 1.82) is 0 Å². The van der Waals surface area contributed by atoms with Gasteiger partial charge in [0.2, 0.25) is 0 Å². The van der Waals surface area contributed by atoms with Crippen LogP contribution < -0.4 is 10.2 Å². The molecule has 0 aliphatic carbocycles. The SMILES string of the molecule is Cc1ncc(CNC2CCN(CCN3CC=Cc4ncccc43)CC2)cc1Cl. The summed E-state index contributed by atoms with van der Waals surface area (Å²) in [5.74, 6) is 0. The van der Waals surface area contributed by atoms with Crippen LogP contribution in [0.2, 0.25) is 5.02 Å². The van der Waals surface area contributed by atoms with Gasteiger partial charge in [-0.1, -0.05) is 17.7 Å². The molecular formula is C22H28ClN5. The molecule has 1 fully saturated rings. The van der Waals surface area contributed by atoms with Gasteiger partial charge >= 0.3 is 0 Å². The Hall–Kier alpha value is -1.95.